The first-order valence-corrected chi connectivity index (χ1v) is 6.43. The van der Waals surface area contributed by atoms with Crippen LogP contribution in [0.4, 0.5) is 19.0 Å². The Morgan fingerprint density at radius 3 is 2.36 bits per heavy atom. The SMILES string of the molecule is O=C(O)C(Cc1ccccc1)Nc1ccc(C(F)(F)F)cn1. The van der Waals surface area contributed by atoms with Crippen molar-refractivity contribution in [1.29, 1.82) is 0 Å². The fraction of sp³-hybridized carbons (Fsp3) is 0.200. The number of nitrogens with zero attached hydrogens (tertiary/aromatic N) is 1. The van der Waals surface area contributed by atoms with Crippen LogP contribution in [-0.2, 0) is 17.4 Å². The molecule has 1 aromatic carbocycles. The molecular weight excluding hydrogens is 297 g/mol. The highest BCUT2D eigenvalue weighted by Gasteiger charge is 2.30. The monoisotopic (exact) mass is 310 g/mol. The largest absolute Gasteiger partial charge is 0.480 e. The summed E-state index contributed by atoms with van der Waals surface area (Å²) in [7, 11) is 0. The fourth-order valence-corrected chi connectivity index (χ4v) is 1.88. The number of benzene rings is 1. The van der Waals surface area contributed by atoms with Gasteiger partial charge in [0.1, 0.15) is 11.9 Å². The zero-order valence-corrected chi connectivity index (χ0v) is 11.3. The van der Waals surface area contributed by atoms with Gasteiger partial charge in [0.15, 0.2) is 0 Å². The molecule has 0 aliphatic rings. The van der Waals surface area contributed by atoms with E-state index in [1.54, 1.807) is 24.3 Å². The van der Waals surface area contributed by atoms with Crippen molar-refractivity contribution < 1.29 is 23.1 Å². The molecule has 4 nitrogen and oxygen atoms in total. The van der Waals surface area contributed by atoms with Crippen molar-refractivity contribution in [3.05, 3.63) is 59.8 Å². The summed E-state index contributed by atoms with van der Waals surface area (Å²) in [6.45, 7) is 0. The molecule has 0 fully saturated rings. The number of hydrogen-bond donors (Lipinski definition) is 2. The minimum absolute atomic E-state index is 0.0799. The summed E-state index contributed by atoms with van der Waals surface area (Å²) in [5.41, 5.74) is -0.0812. The van der Waals surface area contributed by atoms with Crippen molar-refractivity contribution in [2.75, 3.05) is 5.32 Å². The van der Waals surface area contributed by atoms with Crippen molar-refractivity contribution >= 4 is 11.8 Å². The summed E-state index contributed by atoms with van der Waals surface area (Å²) in [6.07, 6.45) is -3.61. The van der Waals surface area contributed by atoms with Crippen LogP contribution in [-0.4, -0.2) is 22.1 Å². The van der Waals surface area contributed by atoms with Crippen LogP contribution in [0.1, 0.15) is 11.1 Å². The first-order valence-electron chi connectivity index (χ1n) is 6.43. The molecule has 2 N–H and O–H groups in total. The summed E-state index contributed by atoms with van der Waals surface area (Å²) in [4.78, 5) is 14.9. The Morgan fingerprint density at radius 1 is 1.18 bits per heavy atom. The van der Waals surface area contributed by atoms with Gasteiger partial charge < -0.3 is 10.4 Å². The van der Waals surface area contributed by atoms with Crippen LogP contribution in [0.3, 0.4) is 0 Å². The molecule has 0 saturated heterocycles. The summed E-state index contributed by atoms with van der Waals surface area (Å²) < 4.78 is 37.3. The lowest BCUT2D eigenvalue weighted by Crippen LogP contribution is -2.31. The van der Waals surface area contributed by atoms with Gasteiger partial charge in [-0.15, -0.1) is 0 Å². The highest BCUT2D eigenvalue weighted by molar-refractivity contribution is 5.77. The minimum atomic E-state index is -4.47. The van der Waals surface area contributed by atoms with E-state index in [2.05, 4.69) is 10.3 Å². The van der Waals surface area contributed by atoms with Crippen LogP contribution in [0.25, 0.3) is 0 Å². The maximum absolute atomic E-state index is 12.4. The molecule has 1 aromatic heterocycles. The molecule has 0 bridgehead atoms. The van der Waals surface area contributed by atoms with E-state index in [4.69, 9.17) is 0 Å². The lowest BCUT2D eigenvalue weighted by molar-refractivity contribution is -0.138. The highest BCUT2D eigenvalue weighted by atomic mass is 19.4. The van der Waals surface area contributed by atoms with E-state index in [-0.39, 0.29) is 12.2 Å². The zero-order chi connectivity index (χ0) is 16.2. The molecule has 1 heterocycles. The van der Waals surface area contributed by atoms with Gasteiger partial charge in [-0.3, -0.25) is 0 Å². The first-order chi connectivity index (χ1) is 10.4. The van der Waals surface area contributed by atoms with Crippen molar-refractivity contribution in [2.45, 2.75) is 18.6 Å². The molecule has 1 atom stereocenters. The zero-order valence-electron chi connectivity index (χ0n) is 11.3. The molecule has 0 aliphatic carbocycles. The van der Waals surface area contributed by atoms with E-state index in [1.165, 1.54) is 0 Å². The third-order valence-corrected chi connectivity index (χ3v) is 2.99. The van der Waals surface area contributed by atoms with Gasteiger partial charge in [0, 0.05) is 12.6 Å². The number of halogens is 3. The summed E-state index contributed by atoms with van der Waals surface area (Å²) in [5.74, 6) is -1.03. The Hall–Kier alpha value is -2.57. The molecule has 116 valence electrons. The number of rotatable bonds is 5. The summed E-state index contributed by atoms with van der Waals surface area (Å²) >= 11 is 0. The van der Waals surface area contributed by atoms with Gasteiger partial charge in [0.05, 0.1) is 5.56 Å². The van der Waals surface area contributed by atoms with Gasteiger partial charge in [0.25, 0.3) is 0 Å². The summed E-state index contributed by atoms with van der Waals surface area (Å²) in [6, 6.07) is 9.92. The molecule has 0 aliphatic heterocycles. The molecule has 22 heavy (non-hydrogen) atoms. The molecule has 2 rings (SSSR count). The van der Waals surface area contributed by atoms with Crippen LogP contribution in [0, 0.1) is 0 Å². The fourth-order valence-electron chi connectivity index (χ4n) is 1.88. The third kappa shape index (κ3) is 4.21. The maximum atomic E-state index is 12.4. The molecule has 0 amide bonds. The van der Waals surface area contributed by atoms with E-state index in [0.717, 1.165) is 17.7 Å². The average Bonchev–Trinajstić information content (AvgIpc) is 2.47. The second kappa shape index (κ2) is 6.46. The predicted molar refractivity (Wildman–Crippen MR) is 74.4 cm³/mol. The maximum Gasteiger partial charge on any atom is 0.417 e. The van der Waals surface area contributed by atoms with Gasteiger partial charge in [0.2, 0.25) is 0 Å². The molecule has 0 saturated carbocycles. The number of aromatic nitrogens is 1. The molecule has 2 aromatic rings. The van der Waals surface area contributed by atoms with Crippen LogP contribution in [0.15, 0.2) is 48.7 Å². The number of carboxylic acids is 1. The van der Waals surface area contributed by atoms with E-state index in [0.29, 0.717) is 6.20 Å². The Morgan fingerprint density at radius 2 is 1.86 bits per heavy atom. The van der Waals surface area contributed by atoms with Gasteiger partial charge >= 0.3 is 12.1 Å². The lowest BCUT2D eigenvalue weighted by Gasteiger charge is -2.15. The predicted octanol–water partition coefficient (Wildman–Crippen LogP) is 3.21. The van der Waals surface area contributed by atoms with Gasteiger partial charge in [-0.1, -0.05) is 30.3 Å². The Bertz CT molecular complexity index is 627. The number of nitrogens with one attached hydrogen (secondary N) is 1. The topological polar surface area (TPSA) is 62.2 Å². The highest BCUT2D eigenvalue weighted by Crippen LogP contribution is 2.28. The molecule has 7 heteroatoms. The average molecular weight is 310 g/mol. The van der Waals surface area contributed by atoms with Crippen LogP contribution in [0.2, 0.25) is 0 Å². The normalized spacial score (nSPS) is 12.7. The number of alkyl halides is 3. The van der Waals surface area contributed by atoms with E-state index in [9.17, 15) is 23.1 Å². The van der Waals surface area contributed by atoms with E-state index in [1.807, 2.05) is 6.07 Å². The molecular formula is C15H13F3N2O2. The second-order valence-corrected chi connectivity index (χ2v) is 4.65. The van der Waals surface area contributed by atoms with Crippen molar-refractivity contribution in [3.8, 4) is 0 Å². The van der Waals surface area contributed by atoms with Crippen molar-refractivity contribution in [1.82, 2.24) is 4.98 Å². The number of aliphatic carboxylic acids is 1. The standard InChI is InChI=1S/C15H13F3N2O2/c16-15(17,18)11-6-7-13(19-9-11)20-12(14(21)22)8-10-4-2-1-3-5-10/h1-7,9,12H,8H2,(H,19,20)(H,21,22). The number of anilines is 1. The van der Waals surface area contributed by atoms with E-state index < -0.39 is 23.8 Å². The second-order valence-electron chi connectivity index (χ2n) is 4.65. The number of carboxylic acid groups (broad SMARTS) is 1. The third-order valence-electron chi connectivity index (χ3n) is 2.99. The molecule has 1 unspecified atom stereocenters. The summed E-state index contributed by atoms with van der Waals surface area (Å²) in [5, 5.41) is 11.8. The van der Waals surface area contributed by atoms with Gasteiger partial charge in [-0.05, 0) is 17.7 Å². The molecule has 0 radical (unpaired) electrons. The number of pyridine rings is 1. The lowest BCUT2D eigenvalue weighted by atomic mass is 10.1. The quantitative estimate of drug-likeness (QED) is 0.890. The molecule has 0 spiro atoms. The van der Waals surface area contributed by atoms with E-state index >= 15 is 0 Å². The van der Waals surface area contributed by atoms with Gasteiger partial charge in [-0.25, -0.2) is 9.78 Å². The number of hydrogen-bond acceptors (Lipinski definition) is 3. The smallest absolute Gasteiger partial charge is 0.417 e. The minimum Gasteiger partial charge on any atom is -0.480 e. The van der Waals surface area contributed by atoms with Crippen LogP contribution >= 0.6 is 0 Å². The van der Waals surface area contributed by atoms with Crippen molar-refractivity contribution in [2.24, 2.45) is 0 Å². The van der Waals surface area contributed by atoms with Gasteiger partial charge in [-0.2, -0.15) is 13.2 Å². The Labute approximate surface area is 124 Å². The number of carbonyl (C=O) groups is 1. The van der Waals surface area contributed by atoms with Crippen LogP contribution < -0.4 is 5.32 Å². The Kier molecular flexibility index (Phi) is 4.65. The van der Waals surface area contributed by atoms with Crippen molar-refractivity contribution in [3.63, 3.8) is 0 Å². The first kappa shape index (κ1) is 15.8. The van der Waals surface area contributed by atoms with Crippen LogP contribution in [0.5, 0.6) is 0 Å². The Balaban J connectivity index is 2.10.